The number of nitrogen functional groups attached to an aromatic ring is 1. The van der Waals surface area contributed by atoms with E-state index in [2.05, 4.69) is 41.8 Å². The van der Waals surface area contributed by atoms with E-state index in [9.17, 15) is 0 Å². The first-order valence-electron chi connectivity index (χ1n) is 5.61. The lowest BCUT2D eigenvalue weighted by Gasteiger charge is -2.15. The Bertz CT molecular complexity index is 584. The molecule has 0 saturated carbocycles. The summed E-state index contributed by atoms with van der Waals surface area (Å²) < 4.78 is 2.55. The molecule has 0 aliphatic carbocycles. The number of hydrogen-bond acceptors (Lipinski definition) is 2. The SMILES string of the molecule is CC(C)(C)c1nn(-c2cccc(Cl)c2)c(N)c1Br. The molecule has 0 radical (unpaired) electrons. The summed E-state index contributed by atoms with van der Waals surface area (Å²) in [6, 6.07) is 7.46. The van der Waals surface area contributed by atoms with E-state index in [1.165, 1.54) is 0 Å². The maximum atomic E-state index is 6.09. The Labute approximate surface area is 120 Å². The van der Waals surface area contributed by atoms with Gasteiger partial charge >= 0.3 is 0 Å². The van der Waals surface area contributed by atoms with Crippen molar-refractivity contribution in [3.8, 4) is 5.69 Å². The summed E-state index contributed by atoms with van der Waals surface area (Å²) in [5, 5.41) is 5.24. The summed E-state index contributed by atoms with van der Waals surface area (Å²) in [7, 11) is 0. The van der Waals surface area contributed by atoms with Crippen LogP contribution in [0, 0.1) is 0 Å². The molecule has 0 atom stereocenters. The maximum absolute atomic E-state index is 6.09. The Morgan fingerprint density at radius 2 is 2.00 bits per heavy atom. The van der Waals surface area contributed by atoms with E-state index in [1.807, 2.05) is 24.3 Å². The van der Waals surface area contributed by atoms with Gasteiger partial charge in [0.15, 0.2) is 0 Å². The van der Waals surface area contributed by atoms with Gasteiger partial charge in [-0.2, -0.15) is 5.10 Å². The predicted octanol–water partition coefficient (Wildman–Crippen LogP) is 4.17. The van der Waals surface area contributed by atoms with Crippen LogP contribution in [-0.2, 0) is 5.41 Å². The smallest absolute Gasteiger partial charge is 0.141 e. The summed E-state index contributed by atoms with van der Waals surface area (Å²) >= 11 is 9.50. The molecule has 1 aromatic carbocycles. The van der Waals surface area contributed by atoms with E-state index < -0.39 is 0 Å². The molecule has 0 fully saturated rings. The van der Waals surface area contributed by atoms with Crippen molar-refractivity contribution in [1.29, 1.82) is 0 Å². The molecule has 0 aliphatic rings. The lowest BCUT2D eigenvalue weighted by molar-refractivity contribution is 0.558. The highest BCUT2D eigenvalue weighted by Gasteiger charge is 2.24. The fourth-order valence-electron chi connectivity index (χ4n) is 1.70. The monoisotopic (exact) mass is 327 g/mol. The fraction of sp³-hybridized carbons (Fsp3) is 0.308. The van der Waals surface area contributed by atoms with E-state index in [0.29, 0.717) is 10.8 Å². The highest BCUT2D eigenvalue weighted by Crippen LogP contribution is 2.34. The summed E-state index contributed by atoms with van der Waals surface area (Å²) in [5.41, 5.74) is 7.81. The summed E-state index contributed by atoms with van der Waals surface area (Å²) in [4.78, 5) is 0. The molecule has 0 bridgehead atoms. The van der Waals surface area contributed by atoms with Gasteiger partial charge < -0.3 is 5.73 Å². The minimum atomic E-state index is -0.0726. The molecule has 2 rings (SSSR count). The van der Waals surface area contributed by atoms with Gasteiger partial charge in [0.25, 0.3) is 0 Å². The highest BCUT2D eigenvalue weighted by molar-refractivity contribution is 9.10. The fourth-order valence-corrected chi connectivity index (χ4v) is 2.72. The normalized spacial score (nSPS) is 11.8. The van der Waals surface area contributed by atoms with Gasteiger partial charge in [0.2, 0.25) is 0 Å². The van der Waals surface area contributed by atoms with Crippen LogP contribution in [0.1, 0.15) is 26.5 Å². The van der Waals surface area contributed by atoms with Crippen LogP contribution in [0.25, 0.3) is 5.69 Å². The van der Waals surface area contributed by atoms with Crippen molar-refractivity contribution in [3.63, 3.8) is 0 Å². The third kappa shape index (κ3) is 2.40. The predicted molar refractivity (Wildman–Crippen MR) is 79.4 cm³/mol. The summed E-state index contributed by atoms with van der Waals surface area (Å²) in [6.07, 6.45) is 0. The Kier molecular flexibility index (Phi) is 3.43. The van der Waals surface area contributed by atoms with Crippen molar-refractivity contribution in [2.24, 2.45) is 0 Å². The molecule has 18 heavy (non-hydrogen) atoms. The molecule has 0 aliphatic heterocycles. The topological polar surface area (TPSA) is 43.8 Å². The molecule has 0 spiro atoms. The first kappa shape index (κ1) is 13.4. The van der Waals surface area contributed by atoms with Crippen LogP contribution in [-0.4, -0.2) is 9.78 Å². The molecule has 2 N–H and O–H groups in total. The van der Waals surface area contributed by atoms with Crippen molar-refractivity contribution >= 4 is 33.3 Å². The Hall–Kier alpha value is -1.00. The standard InChI is InChI=1S/C13H15BrClN3/c1-13(2,3)11-10(14)12(16)18(17-11)9-6-4-5-8(15)7-9/h4-7H,16H2,1-3H3. The second-order valence-electron chi connectivity index (χ2n) is 5.19. The first-order valence-corrected chi connectivity index (χ1v) is 6.78. The van der Waals surface area contributed by atoms with Crippen LogP contribution in [0.15, 0.2) is 28.7 Å². The van der Waals surface area contributed by atoms with Gasteiger partial charge in [0.1, 0.15) is 5.82 Å². The van der Waals surface area contributed by atoms with Crippen LogP contribution in [0.3, 0.4) is 0 Å². The molecule has 0 saturated heterocycles. The summed E-state index contributed by atoms with van der Waals surface area (Å²) in [6.45, 7) is 6.30. The van der Waals surface area contributed by atoms with Gasteiger partial charge in [0.05, 0.1) is 15.9 Å². The zero-order valence-electron chi connectivity index (χ0n) is 10.5. The van der Waals surface area contributed by atoms with E-state index in [-0.39, 0.29) is 5.41 Å². The zero-order chi connectivity index (χ0) is 13.5. The molecule has 3 nitrogen and oxygen atoms in total. The number of nitrogens with zero attached hydrogens (tertiary/aromatic N) is 2. The van der Waals surface area contributed by atoms with Gasteiger partial charge in [-0.1, -0.05) is 38.4 Å². The van der Waals surface area contributed by atoms with Gasteiger partial charge in [-0.05, 0) is 34.1 Å². The maximum Gasteiger partial charge on any atom is 0.141 e. The average Bonchev–Trinajstić information content (AvgIpc) is 2.55. The van der Waals surface area contributed by atoms with Crippen molar-refractivity contribution in [3.05, 3.63) is 39.5 Å². The molecular weight excluding hydrogens is 314 g/mol. The molecule has 0 amide bonds. The van der Waals surface area contributed by atoms with Gasteiger partial charge in [0, 0.05) is 10.4 Å². The van der Waals surface area contributed by atoms with Crippen molar-refractivity contribution < 1.29 is 0 Å². The van der Waals surface area contributed by atoms with Crippen molar-refractivity contribution in [2.75, 3.05) is 5.73 Å². The highest BCUT2D eigenvalue weighted by atomic mass is 79.9. The van der Waals surface area contributed by atoms with Gasteiger partial charge in [-0.3, -0.25) is 0 Å². The second kappa shape index (κ2) is 4.59. The Morgan fingerprint density at radius 3 is 2.50 bits per heavy atom. The first-order chi connectivity index (χ1) is 8.30. The Morgan fingerprint density at radius 1 is 1.33 bits per heavy atom. The second-order valence-corrected chi connectivity index (χ2v) is 6.42. The van der Waals surface area contributed by atoms with E-state index in [0.717, 1.165) is 15.9 Å². The van der Waals surface area contributed by atoms with E-state index >= 15 is 0 Å². The van der Waals surface area contributed by atoms with Crippen LogP contribution >= 0.6 is 27.5 Å². The molecule has 0 unspecified atom stereocenters. The molecule has 5 heteroatoms. The number of aromatic nitrogens is 2. The van der Waals surface area contributed by atoms with E-state index in [4.69, 9.17) is 17.3 Å². The zero-order valence-corrected chi connectivity index (χ0v) is 12.9. The lowest BCUT2D eigenvalue weighted by atomic mass is 9.92. The minimum Gasteiger partial charge on any atom is -0.383 e. The van der Waals surface area contributed by atoms with E-state index in [1.54, 1.807) is 4.68 Å². The number of rotatable bonds is 1. The number of halogens is 2. The van der Waals surface area contributed by atoms with Crippen molar-refractivity contribution in [1.82, 2.24) is 9.78 Å². The van der Waals surface area contributed by atoms with Gasteiger partial charge in [-0.25, -0.2) is 4.68 Å². The van der Waals surface area contributed by atoms with Crippen molar-refractivity contribution in [2.45, 2.75) is 26.2 Å². The number of benzene rings is 1. The molecule has 96 valence electrons. The van der Waals surface area contributed by atoms with Crippen LogP contribution in [0.2, 0.25) is 5.02 Å². The van der Waals surface area contributed by atoms with Crippen LogP contribution in [0.4, 0.5) is 5.82 Å². The lowest BCUT2D eigenvalue weighted by Crippen LogP contribution is -2.13. The van der Waals surface area contributed by atoms with Crippen LogP contribution in [0.5, 0.6) is 0 Å². The summed E-state index contributed by atoms with van der Waals surface area (Å²) in [5.74, 6) is 0.585. The molecule has 1 aromatic heterocycles. The number of anilines is 1. The quantitative estimate of drug-likeness (QED) is 0.854. The minimum absolute atomic E-state index is 0.0726. The molecule has 1 heterocycles. The largest absolute Gasteiger partial charge is 0.383 e. The third-order valence-electron chi connectivity index (χ3n) is 2.62. The number of nitrogens with two attached hydrogens (primary N) is 1. The molecular formula is C13H15BrClN3. The Balaban J connectivity index is 2.60. The van der Waals surface area contributed by atoms with Gasteiger partial charge in [-0.15, -0.1) is 0 Å². The molecule has 2 aromatic rings. The third-order valence-corrected chi connectivity index (χ3v) is 3.64. The average molecular weight is 329 g/mol. The van der Waals surface area contributed by atoms with Crippen LogP contribution < -0.4 is 5.73 Å². The number of hydrogen-bond donors (Lipinski definition) is 1.